The molecule has 0 heterocycles. The zero-order valence-corrected chi connectivity index (χ0v) is 6.33. The minimum Gasteiger partial charge on any atom is -0.394 e. The van der Waals surface area contributed by atoms with E-state index >= 15 is 0 Å². The Morgan fingerprint density at radius 1 is 1.22 bits per heavy atom. The molecule has 1 unspecified atom stereocenters. The topological polar surface area (TPSA) is 40.5 Å². The van der Waals surface area contributed by atoms with Gasteiger partial charge in [-0.3, -0.25) is 0 Å². The Labute approximate surface area is 56.5 Å². The lowest BCUT2D eigenvalue weighted by Crippen LogP contribution is -2.25. The summed E-state index contributed by atoms with van der Waals surface area (Å²) in [6, 6.07) is 0. The van der Waals surface area contributed by atoms with Crippen molar-refractivity contribution < 1.29 is 10.2 Å². The summed E-state index contributed by atoms with van der Waals surface area (Å²) in [5.41, 5.74) is 0. The van der Waals surface area contributed by atoms with E-state index < -0.39 is 6.10 Å². The first-order valence-electron chi connectivity index (χ1n) is 3.38. The maximum atomic E-state index is 9.05. The van der Waals surface area contributed by atoms with Crippen LogP contribution in [0.3, 0.4) is 0 Å². The normalized spacial score (nSPS) is 18.0. The van der Waals surface area contributed by atoms with Crippen molar-refractivity contribution in [2.45, 2.75) is 26.9 Å². The van der Waals surface area contributed by atoms with Gasteiger partial charge in [-0.25, -0.2) is 0 Å². The molecule has 0 bridgehead atoms. The van der Waals surface area contributed by atoms with Gasteiger partial charge in [-0.15, -0.1) is 0 Å². The van der Waals surface area contributed by atoms with E-state index in [1.54, 1.807) is 0 Å². The third-order valence-corrected chi connectivity index (χ3v) is 1.85. The number of aliphatic hydroxyl groups excluding tert-OH is 2. The molecule has 0 aromatic carbocycles. The monoisotopic (exact) mass is 132 g/mol. The molecule has 0 aliphatic rings. The minimum absolute atomic E-state index is 0.126. The van der Waals surface area contributed by atoms with Crippen LogP contribution >= 0.6 is 0 Å². The Hall–Kier alpha value is -0.0800. The largest absolute Gasteiger partial charge is 0.394 e. The van der Waals surface area contributed by atoms with E-state index in [-0.39, 0.29) is 12.5 Å². The van der Waals surface area contributed by atoms with Crippen LogP contribution in [0.2, 0.25) is 0 Å². The fourth-order valence-corrected chi connectivity index (χ4v) is 0.611. The van der Waals surface area contributed by atoms with Gasteiger partial charge in [0.05, 0.1) is 12.7 Å². The lowest BCUT2D eigenvalue weighted by atomic mass is 9.93. The highest BCUT2D eigenvalue weighted by atomic mass is 16.3. The summed E-state index contributed by atoms with van der Waals surface area (Å²) in [6.07, 6.45) is -0.551. The smallest absolute Gasteiger partial charge is 0.0798 e. The molecule has 2 atom stereocenters. The first kappa shape index (κ1) is 8.92. The predicted molar refractivity (Wildman–Crippen MR) is 37.1 cm³/mol. The van der Waals surface area contributed by atoms with Gasteiger partial charge < -0.3 is 10.2 Å². The van der Waals surface area contributed by atoms with Gasteiger partial charge >= 0.3 is 0 Å². The van der Waals surface area contributed by atoms with Gasteiger partial charge in [-0.2, -0.15) is 0 Å². The van der Waals surface area contributed by atoms with Gasteiger partial charge in [0.25, 0.3) is 0 Å². The second-order valence-corrected chi connectivity index (χ2v) is 2.85. The van der Waals surface area contributed by atoms with Crippen molar-refractivity contribution in [3.05, 3.63) is 0 Å². The lowest BCUT2D eigenvalue weighted by molar-refractivity contribution is 0.0368. The van der Waals surface area contributed by atoms with Crippen LogP contribution in [-0.4, -0.2) is 22.9 Å². The number of hydrogen-bond acceptors (Lipinski definition) is 2. The van der Waals surface area contributed by atoms with E-state index in [0.717, 1.165) is 0 Å². The third-order valence-electron chi connectivity index (χ3n) is 1.85. The lowest BCUT2D eigenvalue weighted by Gasteiger charge is -2.19. The van der Waals surface area contributed by atoms with Gasteiger partial charge in [-0.1, -0.05) is 20.8 Å². The van der Waals surface area contributed by atoms with Gasteiger partial charge in [0.1, 0.15) is 0 Å². The zero-order chi connectivity index (χ0) is 7.44. The Morgan fingerprint density at radius 2 is 1.67 bits per heavy atom. The SMILES string of the molecule is CC(C)[C@@H](C)C(O)CO. The summed E-state index contributed by atoms with van der Waals surface area (Å²) < 4.78 is 0. The van der Waals surface area contributed by atoms with Crippen molar-refractivity contribution in [2.24, 2.45) is 11.8 Å². The molecule has 0 aromatic rings. The summed E-state index contributed by atoms with van der Waals surface area (Å²) in [5.74, 6) is 0.627. The summed E-state index contributed by atoms with van der Waals surface area (Å²) in [5, 5.41) is 17.6. The number of hydrogen-bond donors (Lipinski definition) is 2. The highest BCUT2D eigenvalue weighted by Crippen LogP contribution is 2.13. The molecule has 2 N–H and O–H groups in total. The summed E-state index contributed by atoms with van der Waals surface area (Å²) in [6.45, 7) is 5.87. The first-order valence-corrected chi connectivity index (χ1v) is 3.38. The molecule has 0 rings (SSSR count). The average molecular weight is 132 g/mol. The molecule has 0 amide bonds. The van der Waals surface area contributed by atoms with E-state index in [4.69, 9.17) is 10.2 Å². The Balaban J connectivity index is 3.58. The van der Waals surface area contributed by atoms with Crippen LogP contribution in [0.15, 0.2) is 0 Å². The second-order valence-electron chi connectivity index (χ2n) is 2.85. The summed E-state index contributed by atoms with van der Waals surface area (Å²) >= 11 is 0. The van der Waals surface area contributed by atoms with Crippen molar-refractivity contribution in [1.29, 1.82) is 0 Å². The van der Waals surface area contributed by atoms with Crippen LogP contribution in [0.4, 0.5) is 0 Å². The molecule has 56 valence electrons. The van der Waals surface area contributed by atoms with Crippen LogP contribution in [0.25, 0.3) is 0 Å². The summed E-state index contributed by atoms with van der Waals surface area (Å²) in [7, 11) is 0. The van der Waals surface area contributed by atoms with Gasteiger partial charge in [0.2, 0.25) is 0 Å². The quantitative estimate of drug-likeness (QED) is 0.591. The molecule has 9 heavy (non-hydrogen) atoms. The molecule has 0 aromatic heterocycles. The van der Waals surface area contributed by atoms with E-state index in [9.17, 15) is 0 Å². The molecular weight excluding hydrogens is 116 g/mol. The van der Waals surface area contributed by atoms with Gasteiger partial charge in [-0.05, 0) is 11.8 Å². The van der Waals surface area contributed by atoms with Gasteiger partial charge in [0, 0.05) is 0 Å². The molecule has 0 aliphatic carbocycles. The molecule has 0 fully saturated rings. The zero-order valence-electron chi connectivity index (χ0n) is 6.33. The minimum atomic E-state index is -0.551. The van der Waals surface area contributed by atoms with Crippen LogP contribution in [0, 0.1) is 11.8 Å². The van der Waals surface area contributed by atoms with E-state index in [1.807, 2.05) is 20.8 Å². The number of aliphatic hydroxyl groups is 2. The van der Waals surface area contributed by atoms with Crippen molar-refractivity contribution in [3.63, 3.8) is 0 Å². The molecule has 2 heteroatoms. The van der Waals surface area contributed by atoms with E-state index in [1.165, 1.54) is 0 Å². The molecule has 0 spiro atoms. The Bertz CT molecular complexity index is 71.3. The van der Waals surface area contributed by atoms with Crippen molar-refractivity contribution >= 4 is 0 Å². The van der Waals surface area contributed by atoms with Crippen LogP contribution < -0.4 is 0 Å². The van der Waals surface area contributed by atoms with Gasteiger partial charge in [0.15, 0.2) is 0 Å². The average Bonchev–Trinajstić information content (AvgIpc) is 1.84. The predicted octanol–water partition coefficient (Wildman–Crippen LogP) is 0.632. The fourth-order valence-electron chi connectivity index (χ4n) is 0.611. The van der Waals surface area contributed by atoms with E-state index in [0.29, 0.717) is 5.92 Å². The highest BCUT2D eigenvalue weighted by Gasteiger charge is 2.15. The molecule has 0 saturated heterocycles. The molecule has 0 saturated carbocycles. The Morgan fingerprint density at radius 3 is 1.78 bits per heavy atom. The van der Waals surface area contributed by atoms with Crippen LogP contribution in [0.5, 0.6) is 0 Å². The number of rotatable bonds is 3. The maximum absolute atomic E-state index is 9.05. The van der Waals surface area contributed by atoms with Crippen LogP contribution in [0.1, 0.15) is 20.8 Å². The molecule has 2 nitrogen and oxygen atoms in total. The van der Waals surface area contributed by atoms with Crippen LogP contribution in [-0.2, 0) is 0 Å². The summed E-state index contributed by atoms with van der Waals surface area (Å²) in [4.78, 5) is 0. The van der Waals surface area contributed by atoms with Crippen molar-refractivity contribution in [2.75, 3.05) is 6.61 Å². The highest BCUT2D eigenvalue weighted by molar-refractivity contribution is 4.65. The third kappa shape index (κ3) is 2.82. The van der Waals surface area contributed by atoms with Crippen molar-refractivity contribution in [3.8, 4) is 0 Å². The first-order chi connectivity index (χ1) is 4.09. The fraction of sp³-hybridized carbons (Fsp3) is 1.00. The van der Waals surface area contributed by atoms with E-state index in [2.05, 4.69) is 0 Å². The standard InChI is InChI=1S/C7H16O2/c1-5(2)6(3)7(9)4-8/h5-9H,4H2,1-3H3/t6-,7?/m1/s1. The molecule has 0 radical (unpaired) electrons. The van der Waals surface area contributed by atoms with Crippen molar-refractivity contribution in [1.82, 2.24) is 0 Å². The maximum Gasteiger partial charge on any atom is 0.0798 e. The molecular formula is C7H16O2. The molecule has 0 aliphatic heterocycles. The Kier molecular flexibility index (Phi) is 3.82. The second kappa shape index (κ2) is 3.85.